The Balaban J connectivity index is 1.59. The largest absolute Gasteiger partial charge is 0.416 e. The number of thioether (sulfide) groups is 1. The molecular formula is C23H14Cl2F3N3OS. The summed E-state index contributed by atoms with van der Waals surface area (Å²) >= 11 is 13.2. The molecule has 0 radical (unpaired) electrons. The van der Waals surface area contributed by atoms with Gasteiger partial charge in [-0.25, -0.2) is 9.97 Å². The van der Waals surface area contributed by atoms with Gasteiger partial charge in [0.05, 0.1) is 27.5 Å². The zero-order chi connectivity index (χ0) is 23.6. The number of anilines is 1. The van der Waals surface area contributed by atoms with Crippen molar-refractivity contribution in [1.82, 2.24) is 9.97 Å². The molecule has 1 aromatic heterocycles. The Morgan fingerprint density at radius 2 is 1.73 bits per heavy atom. The van der Waals surface area contributed by atoms with Gasteiger partial charge in [0, 0.05) is 16.0 Å². The molecule has 10 heteroatoms. The molecule has 0 saturated heterocycles. The smallest absolute Gasteiger partial charge is 0.324 e. The van der Waals surface area contributed by atoms with Gasteiger partial charge in [-0.2, -0.15) is 13.2 Å². The summed E-state index contributed by atoms with van der Waals surface area (Å²) in [4.78, 5) is 21.7. The molecule has 0 atom stereocenters. The second-order valence-corrected chi connectivity index (χ2v) is 8.72. The van der Waals surface area contributed by atoms with E-state index in [1.165, 1.54) is 0 Å². The van der Waals surface area contributed by atoms with E-state index in [-0.39, 0.29) is 16.5 Å². The van der Waals surface area contributed by atoms with E-state index < -0.39 is 17.6 Å². The number of rotatable bonds is 5. The fourth-order valence-electron chi connectivity index (χ4n) is 3.02. The number of carbonyl (C=O) groups is 1. The van der Waals surface area contributed by atoms with Crippen molar-refractivity contribution in [3.63, 3.8) is 0 Å². The van der Waals surface area contributed by atoms with Crippen LogP contribution in [0.5, 0.6) is 0 Å². The van der Waals surface area contributed by atoms with E-state index in [4.69, 9.17) is 23.2 Å². The van der Waals surface area contributed by atoms with Crippen LogP contribution in [0.2, 0.25) is 10.0 Å². The summed E-state index contributed by atoms with van der Waals surface area (Å²) in [6.45, 7) is 0. The molecule has 3 aromatic carbocycles. The van der Waals surface area contributed by atoms with Crippen LogP contribution in [0.1, 0.15) is 5.56 Å². The number of nitrogens with zero attached hydrogens (tertiary/aromatic N) is 2. The number of fused-ring (bicyclic) bond motifs is 1. The van der Waals surface area contributed by atoms with Crippen LogP contribution in [0.25, 0.3) is 22.3 Å². The standard InChI is InChI=1S/C23H14Cl2F3N3OS/c24-15-7-9-18-16(11-15)22(31-21(30-18)13-4-2-1-3-5-13)33-12-20(32)29-19-10-14(23(26,27)28)6-8-17(19)25/h1-11H,12H2,(H,29,32). The topological polar surface area (TPSA) is 54.9 Å². The van der Waals surface area contributed by atoms with Gasteiger partial charge in [-0.05, 0) is 36.4 Å². The number of benzene rings is 3. The minimum atomic E-state index is -4.55. The Morgan fingerprint density at radius 3 is 2.45 bits per heavy atom. The first kappa shape index (κ1) is 23.4. The van der Waals surface area contributed by atoms with Crippen LogP contribution in [0.3, 0.4) is 0 Å². The molecule has 4 nitrogen and oxygen atoms in total. The van der Waals surface area contributed by atoms with Crippen molar-refractivity contribution < 1.29 is 18.0 Å². The molecule has 1 N–H and O–H groups in total. The third kappa shape index (κ3) is 5.58. The molecule has 0 aliphatic carbocycles. The third-order valence-corrected chi connectivity index (χ3v) is 6.12. The number of alkyl halides is 3. The maximum atomic E-state index is 13.0. The molecule has 0 saturated carbocycles. The van der Waals surface area contributed by atoms with E-state index >= 15 is 0 Å². The highest BCUT2D eigenvalue weighted by atomic mass is 35.5. The number of amides is 1. The van der Waals surface area contributed by atoms with Gasteiger partial charge in [0.15, 0.2) is 5.82 Å². The second-order valence-electron chi connectivity index (χ2n) is 6.91. The Morgan fingerprint density at radius 1 is 0.970 bits per heavy atom. The summed E-state index contributed by atoms with van der Waals surface area (Å²) in [5.41, 5.74) is 0.435. The van der Waals surface area contributed by atoms with Crippen molar-refractivity contribution in [1.29, 1.82) is 0 Å². The highest BCUT2D eigenvalue weighted by molar-refractivity contribution is 8.00. The third-order valence-electron chi connectivity index (χ3n) is 4.56. The van der Waals surface area contributed by atoms with Crippen molar-refractivity contribution >= 4 is 57.5 Å². The first-order valence-electron chi connectivity index (χ1n) is 9.53. The summed E-state index contributed by atoms with van der Waals surface area (Å²) in [5.74, 6) is -0.162. The number of carbonyl (C=O) groups excluding carboxylic acids is 1. The molecule has 0 fully saturated rings. The van der Waals surface area contributed by atoms with Gasteiger partial charge in [0.1, 0.15) is 5.03 Å². The molecule has 33 heavy (non-hydrogen) atoms. The predicted molar refractivity (Wildman–Crippen MR) is 126 cm³/mol. The molecule has 4 aromatic rings. The minimum absolute atomic E-state index is 0.00646. The van der Waals surface area contributed by atoms with Crippen molar-refractivity contribution in [2.45, 2.75) is 11.2 Å². The number of hydrogen-bond donors (Lipinski definition) is 1. The summed E-state index contributed by atoms with van der Waals surface area (Å²) in [7, 11) is 0. The van der Waals surface area contributed by atoms with Gasteiger partial charge in [0.25, 0.3) is 0 Å². The summed E-state index contributed by atoms with van der Waals surface area (Å²) in [6, 6.07) is 17.3. The molecule has 0 aliphatic heterocycles. The quantitative estimate of drug-likeness (QED) is 0.226. The Hall–Kier alpha value is -2.81. The summed E-state index contributed by atoms with van der Waals surface area (Å²) in [5, 5.41) is 4.11. The molecule has 1 amide bonds. The van der Waals surface area contributed by atoms with E-state index in [9.17, 15) is 18.0 Å². The molecular weight excluding hydrogens is 494 g/mol. The van der Waals surface area contributed by atoms with Crippen LogP contribution >= 0.6 is 35.0 Å². The van der Waals surface area contributed by atoms with Crippen molar-refractivity contribution in [2.24, 2.45) is 0 Å². The summed E-state index contributed by atoms with van der Waals surface area (Å²) < 4.78 is 38.9. The molecule has 0 unspecified atom stereocenters. The normalized spacial score (nSPS) is 11.5. The van der Waals surface area contributed by atoms with E-state index in [1.54, 1.807) is 18.2 Å². The lowest BCUT2D eigenvalue weighted by molar-refractivity contribution is -0.137. The van der Waals surface area contributed by atoms with Crippen LogP contribution in [-0.4, -0.2) is 21.6 Å². The minimum Gasteiger partial charge on any atom is -0.324 e. The lowest BCUT2D eigenvalue weighted by Crippen LogP contribution is -2.15. The van der Waals surface area contributed by atoms with Crippen LogP contribution in [0, 0.1) is 0 Å². The van der Waals surface area contributed by atoms with Crippen LogP contribution in [-0.2, 0) is 11.0 Å². The Bertz CT molecular complexity index is 1330. The van der Waals surface area contributed by atoms with E-state index in [1.807, 2.05) is 30.3 Å². The average Bonchev–Trinajstić information content (AvgIpc) is 2.78. The monoisotopic (exact) mass is 507 g/mol. The van der Waals surface area contributed by atoms with Crippen LogP contribution in [0.4, 0.5) is 18.9 Å². The highest BCUT2D eigenvalue weighted by Crippen LogP contribution is 2.34. The van der Waals surface area contributed by atoms with Gasteiger partial charge in [0.2, 0.25) is 5.91 Å². The van der Waals surface area contributed by atoms with Gasteiger partial charge in [-0.1, -0.05) is 65.3 Å². The van der Waals surface area contributed by atoms with Crippen LogP contribution < -0.4 is 5.32 Å². The van der Waals surface area contributed by atoms with Crippen LogP contribution in [0.15, 0.2) is 71.8 Å². The number of nitrogens with one attached hydrogen (secondary N) is 1. The lowest BCUT2D eigenvalue weighted by atomic mass is 10.2. The average molecular weight is 508 g/mol. The van der Waals surface area contributed by atoms with Gasteiger partial charge >= 0.3 is 6.18 Å². The van der Waals surface area contributed by atoms with Gasteiger partial charge < -0.3 is 5.32 Å². The van der Waals surface area contributed by atoms with Crippen molar-refractivity contribution in [2.75, 3.05) is 11.1 Å². The molecule has 168 valence electrons. The first-order chi connectivity index (χ1) is 15.7. The first-order valence-corrected chi connectivity index (χ1v) is 11.3. The van der Waals surface area contributed by atoms with E-state index in [0.29, 0.717) is 26.8 Å². The molecule has 0 aliphatic rings. The van der Waals surface area contributed by atoms with Crippen molar-refractivity contribution in [3.8, 4) is 11.4 Å². The second kappa shape index (κ2) is 9.59. The number of aromatic nitrogens is 2. The van der Waals surface area contributed by atoms with Crippen molar-refractivity contribution in [3.05, 3.63) is 82.3 Å². The number of halogens is 5. The van der Waals surface area contributed by atoms with Gasteiger partial charge in [-0.3, -0.25) is 4.79 Å². The molecule has 0 bridgehead atoms. The fraction of sp³-hybridized carbons (Fsp3) is 0.0870. The van der Waals surface area contributed by atoms with E-state index in [0.717, 1.165) is 35.5 Å². The zero-order valence-electron chi connectivity index (χ0n) is 16.7. The zero-order valence-corrected chi connectivity index (χ0v) is 19.0. The SMILES string of the molecule is O=C(CSc1nc(-c2ccccc2)nc2ccc(Cl)cc12)Nc1cc(C(F)(F)F)ccc1Cl. The predicted octanol–water partition coefficient (Wildman–Crippen LogP) is 7.35. The highest BCUT2D eigenvalue weighted by Gasteiger charge is 2.31. The number of hydrogen-bond acceptors (Lipinski definition) is 4. The molecule has 1 heterocycles. The molecule has 4 rings (SSSR count). The van der Waals surface area contributed by atoms with E-state index in [2.05, 4.69) is 15.3 Å². The Kier molecular flexibility index (Phi) is 6.78. The molecule has 0 spiro atoms. The van der Waals surface area contributed by atoms with Gasteiger partial charge in [-0.15, -0.1) is 0 Å². The maximum absolute atomic E-state index is 13.0. The lowest BCUT2D eigenvalue weighted by Gasteiger charge is -2.12. The summed E-state index contributed by atoms with van der Waals surface area (Å²) in [6.07, 6.45) is -4.55. The maximum Gasteiger partial charge on any atom is 0.416 e. The Labute approximate surface area is 201 Å². The fourth-order valence-corrected chi connectivity index (χ4v) is 4.16.